The van der Waals surface area contributed by atoms with E-state index in [0.29, 0.717) is 22.5 Å². The molecule has 0 aliphatic heterocycles. The maximum atomic E-state index is 6.17. The minimum Gasteiger partial charge on any atom is -0.370 e. The Kier molecular flexibility index (Phi) is 7.56. The van der Waals surface area contributed by atoms with Gasteiger partial charge in [-0.25, -0.2) is 4.98 Å². The highest BCUT2D eigenvalue weighted by atomic mass is 35.5. The number of nitrogens with zero attached hydrogens (tertiary/aromatic N) is 3. The zero-order chi connectivity index (χ0) is 17.4. The lowest BCUT2D eigenvalue weighted by Crippen LogP contribution is -2.17. The van der Waals surface area contributed by atoms with E-state index in [9.17, 15) is 0 Å². The molecule has 2 rings (SSSR count). The molecule has 7 heteroatoms. The lowest BCUT2D eigenvalue weighted by Gasteiger charge is -2.11. The molecule has 0 amide bonds. The second kappa shape index (κ2) is 9.67. The Labute approximate surface area is 153 Å². The molecule has 24 heavy (non-hydrogen) atoms. The minimum absolute atomic E-state index is 0.609. The maximum Gasteiger partial charge on any atom is 0.224 e. The Bertz CT molecular complexity index is 649. The van der Waals surface area contributed by atoms with Gasteiger partial charge in [0.25, 0.3) is 0 Å². The number of hydrogen-bond donors (Lipinski definition) is 2. The highest BCUT2D eigenvalue weighted by molar-refractivity contribution is 6.35. The fraction of sp³-hybridized carbons (Fsp3) is 0.412. The molecular weight excluding hydrogens is 345 g/mol. The molecule has 130 valence electrons. The van der Waals surface area contributed by atoms with E-state index in [-0.39, 0.29) is 0 Å². The van der Waals surface area contributed by atoms with Gasteiger partial charge in [-0.05, 0) is 57.2 Å². The van der Waals surface area contributed by atoms with Crippen molar-refractivity contribution in [2.75, 3.05) is 44.4 Å². The first-order valence-electron chi connectivity index (χ1n) is 7.94. The zero-order valence-corrected chi connectivity index (χ0v) is 15.5. The number of rotatable bonds is 9. The highest BCUT2D eigenvalue weighted by Gasteiger charge is 2.03. The van der Waals surface area contributed by atoms with Crippen molar-refractivity contribution in [3.8, 4) is 0 Å². The van der Waals surface area contributed by atoms with Crippen LogP contribution in [0.2, 0.25) is 10.0 Å². The average molecular weight is 368 g/mol. The summed E-state index contributed by atoms with van der Waals surface area (Å²) >= 11 is 12.1. The lowest BCUT2D eigenvalue weighted by molar-refractivity contribution is 0.405. The molecule has 0 aliphatic carbocycles. The Morgan fingerprint density at radius 3 is 2.67 bits per heavy atom. The van der Waals surface area contributed by atoms with Crippen molar-refractivity contribution in [1.29, 1.82) is 0 Å². The molecule has 0 saturated carbocycles. The summed E-state index contributed by atoms with van der Waals surface area (Å²) in [6.45, 7) is 2.63. The molecule has 0 atom stereocenters. The van der Waals surface area contributed by atoms with Crippen LogP contribution in [0.25, 0.3) is 0 Å². The van der Waals surface area contributed by atoms with Crippen LogP contribution in [0.4, 0.5) is 11.8 Å². The van der Waals surface area contributed by atoms with Crippen molar-refractivity contribution in [2.24, 2.45) is 0 Å². The fourth-order valence-electron chi connectivity index (χ4n) is 2.19. The van der Waals surface area contributed by atoms with E-state index in [1.165, 1.54) is 0 Å². The van der Waals surface area contributed by atoms with E-state index in [1.54, 1.807) is 12.3 Å². The first kappa shape index (κ1) is 18.8. The second-order valence-corrected chi connectivity index (χ2v) is 6.61. The van der Waals surface area contributed by atoms with Crippen molar-refractivity contribution in [2.45, 2.75) is 12.8 Å². The quantitative estimate of drug-likeness (QED) is 0.660. The third-order valence-corrected chi connectivity index (χ3v) is 4.02. The standard InChI is InChI=1S/C17H23Cl2N5/c1-24(2)11-3-8-20-16-7-10-22-17(23-16)21-9-6-13-4-5-14(18)12-15(13)19/h4-5,7,10,12H,3,6,8-9,11H2,1-2H3,(H2,20,21,22,23). The van der Waals surface area contributed by atoms with Crippen molar-refractivity contribution in [1.82, 2.24) is 14.9 Å². The molecule has 0 radical (unpaired) electrons. The molecule has 1 aromatic heterocycles. The number of halogens is 2. The smallest absolute Gasteiger partial charge is 0.224 e. The van der Waals surface area contributed by atoms with Crippen LogP contribution >= 0.6 is 23.2 Å². The van der Waals surface area contributed by atoms with Gasteiger partial charge in [0.15, 0.2) is 0 Å². The number of anilines is 2. The monoisotopic (exact) mass is 367 g/mol. The first-order chi connectivity index (χ1) is 11.5. The minimum atomic E-state index is 0.609. The van der Waals surface area contributed by atoms with E-state index in [0.717, 1.165) is 37.3 Å². The van der Waals surface area contributed by atoms with Gasteiger partial charge < -0.3 is 15.5 Å². The van der Waals surface area contributed by atoms with Gasteiger partial charge in [-0.15, -0.1) is 0 Å². The van der Waals surface area contributed by atoms with Crippen molar-refractivity contribution >= 4 is 35.0 Å². The van der Waals surface area contributed by atoms with Gasteiger partial charge in [0.05, 0.1) is 0 Å². The van der Waals surface area contributed by atoms with Gasteiger partial charge >= 0.3 is 0 Å². The highest BCUT2D eigenvalue weighted by Crippen LogP contribution is 2.21. The third kappa shape index (κ3) is 6.51. The van der Waals surface area contributed by atoms with Crippen molar-refractivity contribution in [3.63, 3.8) is 0 Å². The van der Waals surface area contributed by atoms with E-state index in [2.05, 4.69) is 39.6 Å². The first-order valence-corrected chi connectivity index (χ1v) is 8.69. The second-order valence-electron chi connectivity index (χ2n) is 5.76. The Hall–Kier alpha value is -1.56. The summed E-state index contributed by atoms with van der Waals surface area (Å²) in [7, 11) is 4.14. The van der Waals surface area contributed by atoms with Crippen LogP contribution < -0.4 is 10.6 Å². The molecule has 5 nitrogen and oxygen atoms in total. The van der Waals surface area contributed by atoms with Gasteiger partial charge in [0.1, 0.15) is 5.82 Å². The van der Waals surface area contributed by atoms with Gasteiger partial charge in [-0.1, -0.05) is 29.3 Å². The fourth-order valence-corrected chi connectivity index (χ4v) is 2.69. The molecule has 1 aromatic carbocycles. The van der Waals surface area contributed by atoms with Gasteiger partial charge in [0.2, 0.25) is 5.95 Å². The van der Waals surface area contributed by atoms with Gasteiger partial charge in [-0.3, -0.25) is 0 Å². The Morgan fingerprint density at radius 2 is 1.92 bits per heavy atom. The molecule has 0 fully saturated rings. The molecular formula is C17H23Cl2N5. The Balaban J connectivity index is 1.79. The van der Waals surface area contributed by atoms with E-state index in [1.807, 2.05) is 18.2 Å². The predicted octanol–water partition coefficient (Wildman–Crippen LogP) is 3.80. The summed E-state index contributed by atoms with van der Waals surface area (Å²) in [4.78, 5) is 10.9. The van der Waals surface area contributed by atoms with Crippen LogP contribution in [0, 0.1) is 0 Å². The lowest BCUT2D eigenvalue weighted by atomic mass is 10.1. The summed E-state index contributed by atoms with van der Waals surface area (Å²) in [5.41, 5.74) is 1.05. The largest absolute Gasteiger partial charge is 0.370 e. The third-order valence-electron chi connectivity index (χ3n) is 3.44. The number of hydrogen-bond acceptors (Lipinski definition) is 5. The van der Waals surface area contributed by atoms with Crippen LogP contribution in [-0.2, 0) is 6.42 Å². The summed E-state index contributed by atoms with van der Waals surface area (Å²) < 4.78 is 0. The number of benzene rings is 1. The van der Waals surface area contributed by atoms with Gasteiger partial charge in [0, 0.05) is 29.3 Å². The molecule has 0 saturated heterocycles. The van der Waals surface area contributed by atoms with Gasteiger partial charge in [-0.2, -0.15) is 4.98 Å². The van der Waals surface area contributed by atoms with Crippen LogP contribution in [0.5, 0.6) is 0 Å². The summed E-state index contributed by atoms with van der Waals surface area (Å²) in [5.74, 6) is 1.44. The van der Waals surface area contributed by atoms with E-state index < -0.39 is 0 Å². The van der Waals surface area contributed by atoms with Crippen molar-refractivity contribution < 1.29 is 0 Å². The van der Waals surface area contributed by atoms with E-state index in [4.69, 9.17) is 23.2 Å². The van der Waals surface area contributed by atoms with Crippen molar-refractivity contribution in [3.05, 3.63) is 46.1 Å². The molecule has 0 spiro atoms. The molecule has 1 heterocycles. The zero-order valence-electron chi connectivity index (χ0n) is 14.0. The maximum absolute atomic E-state index is 6.17. The number of nitrogens with one attached hydrogen (secondary N) is 2. The average Bonchev–Trinajstić information content (AvgIpc) is 2.54. The SMILES string of the molecule is CN(C)CCCNc1ccnc(NCCc2ccc(Cl)cc2Cl)n1. The Morgan fingerprint density at radius 1 is 1.08 bits per heavy atom. The van der Waals surface area contributed by atoms with Crippen LogP contribution in [0.1, 0.15) is 12.0 Å². The molecule has 0 aliphatic rings. The topological polar surface area (TPSA) is 53.1 Å². The van der Waals surface area contributed by atoms with Crippen LogP contribution in [0.15, 0.2) is 30.5 Å². The normalized spacial score (nSPS) is 10.9. The molecule has 2 N–H and O–H groups in total. The predicted molar refractivity (Wildman–Crippen MR) is 102 cm³/mol. The summed E-state index contributed by atoms with van der Waals surface area (Å²) in [6, 6.07) is 7.41. The molecule has 2 aromatic rings. The molecule has 0 bridgehead atoms. The van der Waals surface area contributed by atoms with Crippen LogP contribution in [0.3, 0.4) is 0 Å². The van der Waals surface area contributed by atoms with Crippen LogP contribution in [-0.4, -0.2) is 48.6 Å². The number of aromatic nitrogens is 2. The summed E-state index contributed by atoms with van der Waals surface area (Å²) in [6.07, 6.45) is 3.59. The summed E-state index contributed by atoms with van der Waals surface area (Å²) in [5, 5.41) is 7.86. The van der Waals surface area contributed by atoms with E-state index >= 15 is 0 Å². The molecule has 0 unspecified atom stereocenters.